The number of fused-ring (bicyclic) bond motifs is 1. The summed E-state index contributed by atoms with van der Waals surface area (Å²) < 4.78 is 39.4. The molecule has 0 aliphatic carbocycles. The maximum absolute atomic E-state index is 13.1. The van der Waals surface area contributed by atoms with Crippen molar-refractivity contribution in [2.75, 3.05) is 19.0 Å². The number of Topliss-reactive ketones (excluding diaryl/α,β-unsaturated/α-hetero) is 1. The van der Waals surface area contributed by atoms with E-state index in [4.69, 9.17) is 0 Å². The third-order valence-corrected chi connectivity index (χ3v) is 5.37. The zero-order valence-corrected chi connectivity index (χ0v) is 15.9. The predicted molar refractivity (Wildman–Crippen MR) is 104 cm³/mol. The van der Waals surface area contributed by atoms with Gasteiger partial charge in [-0.25, -0.2) is 0 Å². The highest BCUT2D eigenvalue weighted by molar-refractivity contribution is 7.99. The Hall–Kier alpha value is -2.47. The summed E-state index contributed by atoms with van der Waals surface area (Å²) in [7, 11) is 3.74. The van der Waals surface area contributed by atoms with E-state index in [0.29, 0.717) is 10.3 Å². The summed E-state index contributed by atoms with van der Waals surface area (Å²) in [5, 5.41) is 1.43. The smallest absolute Gasteiger partial charge is 0.377 e. The van der Waals surface area contributed by atoms with Gasteiger partial charge in [0.15, 0.2) is 0 Å². The van der Waals surface area contributed by atoms with Gasteiger partial charge in [-0.05, 0) is 36.6 Å². The molecule has 0 bridgehead atoms. The predicted octanol–water partition coefficient (Wildman–Crippen LogP) is 6.11. The molecule has 0 saturated carbocycles. The molecule has 0 spiro atoms. The van der Waals surface area contributed by atoms with Crippen LogP contribution in [0.5, 0.6) is 0 Å². The van der Waals surface area contributed by atoms with Gasteiger partial charge in [-0.15, -0.1) is 0 Å². The third kappa shape index (κ3) is 3.95. The standard InChI is InChI=1S/C21H18F3NOS/c1-13-7-9-14(10-8-13)27-19-16-5-4-6-18(25(2)3)15(16)11-12-17(19)20(26)21(22,23)24/h4-12H,1-3H3. The van der Waals surface area contributed by atoms with Crippen molar-refractivity contribution >= 4 is 34.0 Å². The lowest BCUT2D eigenvalue weighted by molar-refractivity contribution is -0.0886. The van der Waals surface area contributed by atoms with Crippen LogP contribution in [0.15, 0.2) is 64.4 Å². The molecule has 0 fully saturated rings. The number of ketones is 1. The Balaban J connectivity index is 2.25. The summed E-state index contributed by atoms with van der Waals surface area (Å²) in [4.78, 5) is 15.0. The van der Waals surface area contributed by atoms with E-state index in [1.54, 1.807) is 18.2 Å². The quantitative estimate of drug-likeness (QED) is 0.502. The van der Waals surface area contributed by atoms with Crippen LogP contribution in [0.25, 0.3) is 10.8 Å². The van der Waals surface area contributed by atoms with Gasteiger partial charge >= 0.3 is 6.18 Å². The summed E-state index contributed by atoms with van der Waals surface area (Å²) in [6, 6.07) is 15.8. The highest BCUT2D eigenvalue weighted by atomic mass is 32.2. The van der Waals surface area contributed by atoms with Crippen molar-refractivity contribution in [3.63, 3.8) is 0 Å². The number of alkyl halides is 3. The van der Waals surface area contributed by atoms with Crippen molar-refractivity contribution < 1.29 is 18.0 Å². The van der Waals surface area contributed by atoms with Crippen molar-refractivity contribution in [3.05, 3.63) is 65.7 Å². The van der Waals surface area contributed by atoms with Crippen LogP contribution in [-0.2, 0) is 0 Å². The van der Waals surface area contributed by atoms with E-state index < -0.39 is 12.0 Å². The Morgan fingerprint density at radius 1 is 0.926 bits per heavy atom. The second-order valence-corrected chi connectivity index (χ2v) is 7.53. The lowest BCUT2D eigenvalue weighted by Crippen LogP contribution is -2.23. The monoisotopic (exact) mass is 389 g/mol. The average Bonchev–Trinajstić information content (AvgIpc) is 2.61. The SMILES string of the molecule is Cc1ccc(Sc2c(C(=O)C(F)(F)F)ccc3c(N(C)C)cccc23)cc1. The number of aryl methyl sites for hydroxylation is 1. The zero-order chi connectivity index (χ0) is 19.8. The van der Waals surface area contributed by atoms with E-state index in [0.717, 1.165) is 21.5 Å². The molecule has 0 amide bonds. The van der Waals surface area contributed by atoms with Crippen molar-refractivity contribution in [3.8, 4) is 0 Å². The molecular formula is C21H18F3NOS. The highest BCUT2D eigenvalue weighted by Gasteiger charge is 2.40. The molecule has 27 heavy (non-hydrogen) atoms. The van der Waals surface area contributed by atoms with E-state index in [1.807, 2.05) is 56.3 Å². The van der Waals surface area contributed by atoms with Gasteiger partial charge in [0.2, 0.25) is 0 Å². The molecule has 0 atom stereocenters. The molecule has 0 N–H and O–H groups in total. The van der Waals surface area contributed by atoms with E-state index >= 15 is 0 Å². The van der Waals surface area contributed by atoms with Crippen molar-refractivity contribution in [2.45, 2.75) is 22.9 Å². The molecule has 0 aliphatic rings. The second kappa shape index (κ2) is 7.27. The Labute approximate surface area is 160 Å². The van der Waals surface area contributed by atoms with Crippen LogP contribution in [0, 0.1) is 6.92 Å². The fourth-order valence-electron chi connectivity index (χ4n) is 2.87. The summed E-state index contributed by atoms with van der Waals surface area (Å²) in [5.41, 5.74) is 1.61. The first-order chi connectivity index (χ1) is 12.7. The van der Waals surface area contributed by atoms with E-state index in [9.17, 15) is 18.0 Å². The van der Waals surface area contributed by atoms with Crippen LogP contribution in [-0.4, -0.2) is 26.1 Å². The van der Waals surface area contributed by atoms with Gasteiger partial charge in [0.05, 0.1) is 0 Å². The summed E-state index contributed by atoms with van der Waals surface area (Å²) in [6.07, 6.45) is -4.92. The Morgan fingerprint density at radius 3 is 2.19 bits per heavy atom. The minimum absolute atomic E-state index is 0.322. The highest BCUT2D eigenvalue weighted by Crippen LogP contribution is 2.41. The number of hydrogen-bond acceptors (Lipinski definition) is 3. The Bertz CT molecular complexity index is 995. The fourth-order valence-corrected chi connectivity index (χ4v) is 3.94. The van der Waals surface area contributed by atoms with Gasteiger partial charge in [-0.2, -0.15) is 13.2 Å². The molecule has 3 aromatic rings. The van der Waals surface area contributed by atoms with Gasteiger partial charge in [0.25, 0.3) is 5.78 Å². The molecule has 3 aromatic carbocycles. The third-order valence-electron chi connectivity index (χ3n) is 4.21. The molecule has 0 radical (unpaired) electrons. The first-order valence-electron chi connectivity index (χ1n) is 8.27. The number of benzene rings is 3. The van der Waals surface area contributed by atoms with Crippen LogP contribution in [0.4, 0.5) is 18.9 Å². The van der Waals surface area contributed by atoms with E-state index in [-0.39, 0.29) is 5.56 Å². The molecule has 0 saturated heterocycles. The molecule has 0 aromatic heterocycles. The summed E-state index contributed by atoms with van der Waals surface area (Å²) in [6.45, 7) is 1.94. The number of nitrogens with zero attached hydrogens (tertiary/aromatic N) is 1. The molecule has 0 unspecified atom stereocenters. The molecule has 0 heterocycles. The summed E-state index contributed by atoms with van der Waals surface area (Å²) >= 11 is 1.18. The lowest BCUT2D eigenvalue weighted by Gasteiger charge is -2.19. The van der Waals surface area contributed by atoms with Crippen molar-refractivity contribution in [1.82, 2.24) is 0 Å². The number of carbonyl (C=O) groups is 1. The Kier molecular flexibility index (Phi) is 5.20. The van der Waals surface area contributed by atoms with Crippen LogP contribution < -0.4 is 4.90 Å². The normalized spacial score (nSPS) is 11.6. The number of halogens is 3. The molecule has 6 heteroatoms. The van der Waals surface area contributed by atoms with Crippen LogP contribution in [0.1, 0.15) is 15.9 Å². The molecule has 0 aliphatic heterocycles. The van der Waals surface area contributed by atoms with Gasteiger partial charge in [-0.3, -0.25) is 4.79 Å². The average molecular weight is 389 g/mol. The Morgan fingerprint density at radius 2 is 1.59 bits per heavy atom. The maximum atomic E-state index is 13.1. The number of anilines is 1. The minimum Gasteiger partial charge on any atom is -0.377 e. The van der Waals surface area contributed by atoms with Crippen molar-refractivity contribution in [2.24, 2.45) is 0 Å². The molecule has 3 rings (SSSR count). The summed E-state index contributed by atoms with van der Waals surface area (Å²) in [5.74, 6) is -1.82. The molecule has 2 nitrogen and oxygen atoms in total. The van der Waals surface area contributed by atoms with Gasteiger partial charge in [0, 0.05) is 40.5 Å². The largest absolute Gasteiger partial charge is 0.454 e. The first kappa shape index (κ1) is 19.3. The van der Waals surface area contributed by atoms with Crippen LogP contribution in [0.3, 0.4) is 0 Å². The number of carbonyl (C=O) groups excluding carboxylic acids is 1. The van der Waals surface area contributed by atoms with E-state index in [2.05, 4.69) is 0 Å². The van der Waals surface area contributed by atoms with Crippen LogP contribution >= 0.6 is 11.8 Å². The minimum atomic E-state index is -4.92. The van der Waals surface area contributed by atoms with Crippen molar-refractivity contribution in [1.29, 1.82) is 0 Å². The van der Waals surface area contributed by atoms with Crippen LogP contribution in [0.2, 0.25) is 0 Å². The van der Waals surface area contributed by atoms with Gasteiger partial charge in [-0.1, -0.05) is 47.7 Å². The number of rotatable bonds is 4. The fraction of sp³-hybridized carbons (Fsp3) is 0.190. The lowest BCUT2D eigenvalue weighted by atomic mass is 10.0. The van der Waals surface area contributed by atoms with Gasteiger partial charge in [0.1, 0.15) is 0 Å². The molecule has 140 valence electrons. The number of hydrogen-bond donors (Lipinski definition) is 0. The maximum Gasteiger partial charge on any atom is 0.454 e. The zero-order valence-electron chi connectivity index (χ0n) is 15.1. The van der Waals surface area contributed by atoms with E-state index in [1.165, 1.54) is 17.8 Å². The second-order valence-electron chi connectivity index (χ2n) is 6.45. The topological polar surface area (TPSA) is 20.3 Å². The van der Waals surface area contributed by atoms with Gasteiger partial charge < -0.3 is 4.90 Å². The first-order valence-corrected chi connectivity index (χ1v) is 9.09. The molecular weight excluding hydrogens is 371 g/mol.